The van der Waals surface area contributed by atoms with Gasteiger partial charge in [0.2, 0.25) is 5.91 Å². The molecule has 0 aliphatic rings. The second-order valence-corrected chi connectivity index (χ2v) is 4.71. The van der Waals surface area contributed by atoms with Crippen LogP contribution in [-0.2, 0) is 4.79 Å². The molecule has 1 atom stereocenters. The molecule has 0 fully saturated rings. The number of rotatable bonds is 4. The Labute approximate surface area is 115 Å². The molecule has 1 rings (SSSR count). The minimum Gasteiger partial charge on any atom is -0.409 e. The van der Waals surface area contributed by atoms with Crippen molar-refractivity contribution in [3.63, 3.8) is 0 Å². The molecule has 0 bridgehead atoms. The van der Waals surface area contributed by atoms with Crippen LogP contribution in [0.1, 0.15) is 25.8 Å². The Kier molecular flexibility index (Phi) is 4.65. The van der Waals surface area contributed by atoms with Crippen molar-refractivity contribution in [1.29, 1.82) is 0 Å². The maximum atomic E-state index is 13.7. The first kappa shape index (κ1) is 15.9. The SMILES string of the molecule is CCC(C)(C(=O)Nc1cc(F)c(C)cc1F)/C(N)=N/O. The lowest BCUT2D eigenvalue weighted by atomic mass is 9.85. The van der Waals surface area contributed by atoms with Crippen molar-refractivity contribution in [2.75, 3.05) is 5.32 Å². The van der Waals surface area contributed by atoms with E-state index in [0.29, 0.717) is 0 Å². The first-order valence-corrected chi connectivity index (χ1v) is 6.01. The summed E-state index contributed by atoms with van der Waals surface area (Å²) in [6.45, 7) is 4.51. The van der Waals surface area contributed by atoms with E-state index in [1.165, 1.54) is 13.8 Å². The van der Waals surface area contributed by atoms with Gasteiger partial charge in [-0.15, -0.1) is 0 Å². The molecule has 4 N–H and O–H groups in total. The van der Waals surface area contributed by atoms with Gasteiger partial charge in [0.1, 0.15) is 17.0 Å². The van der Waals surface area contributed by atoms with E-state index in [1.807, 2.05) is 0 Å². The number of hydrogen-bond donors (Lipinski definition) is 3. The van der Waals surface area contributed by atoms with Crippen molar-refractivity contribution in [3.05, 3.63) is 29.3 Å². The summed E-state index contributed by atoms with van der Waals surface area (Å²) in [6, 6.07) is 1.88. The number of nitrogens with two attached hydrogens (primary N) is 1. The molecule has 0 aliphatic heterocycles. The molecule has 5 nitrogen and oxygen atoms in total. The number of aryl methyl sites for hydroxylation is 1. The van der Waals surface area contributed by atoms with Gasteiger partial charge in [0, 0.05) is 6.07 Å². The standard InChI is InChI=1S/C13H17F2N3O2/c1-4-13(3,11(16)18-20)12(19)17-10-6-8(14)7(2)5-9(10)15/h5-6,20H,4H2,1-3H3,(H2,16,18)(H,17,19). The number of halogens is 2. The van der Waals surface area contributed by atoms with E-state index in [0.717, 1.165) is 12.1 Å². The fourth-order valence-corrected chi connectivity index (χ4v) is 1.57. The van der Waals surface area contributed by atoms with E-state index < -0.39 is 23.0 Å². The number of amidine groups is 1. The average Bonchev–Trinajstić information content (AvgIpc) is 2.42. The van der Waals surface area contributed by atoms with Crippen LogP contribution in [0.4, 0.5) is 14.5 Å². The molecule has 0 spiro atoms. The van der Waals surface area contributed by atoms with Crippen LogP contribution < -0.4 is 11.1 Å². The second kappa shape index (κ2) is 5.85. The molecular formula is C13H17F2N3O2. The van der Waals surface area contributed by atoms with Gasteiger partial charge >= 0.3 is 0 Å². The maximum Gasteiger partial charge on any atom is 0.238 e. The van der Waals surface area contributed by atoms with Gasteiger partial charge in [-0.05, 0) is 31.9 Å². The number of nitrogens with zero attached hydrogens (tertiary/aromatic N) is 1. The third kappa shape index (κ3) is 2.87. The van der Waals surface area contributed by atoms with E-state index in [9.17, 15) is 13.6 Å². The summed E-state index contributed by atoms with van der Waals surface area (Å²) in [6.07, 6.45) is 0.227. The fourth-order valence-electron chi connectivity index (χ4n) is 1.57. The van der Waals surface area contributed by atoms with Gasteiger partial charge in [0.25, 0.3) is 0 Å². The number of anilines is 1. The average molecular weight is 285 g/mol. The molecule has 1 amide bonds. The molecule has 0 saturated heterocycles. The lowest BCUT2D eigenvalue weighted by molar-refractivity contribution is -0.121. The summed E-state index contributed by atoms with van der Waals surface area (Å²) >= 11 is 0. The Hall–Kier alpha value is -2.18. The van der Waals surface area contributed by atoms with Crippen LogP contribution in [0.25, 0.3) is 0 Å². The number of nitrogens with one attached hydrogen (secondary N) is 1. The summed E-state index contributed by atoms with van der Waals surface area (Å²) in [7, 11) is 0. The van der Waals surface area contributed by atoms with E-state index in [4.69, 9.17) is 10.9 Å². The van der Waals surface area contributed by atoms with Gasteiger partial charge in [0.15, 0.2) is 5.84 Å². The maximum absolute atomic E-state index is 13.7. The first-order chi connectivity index (χ1) is 9.26. The van der Waals surface area contributed by atoms with Gasteiger partial charge < -0.3 is 16.3 Å². The highest BCUT2D eigenvalue weighted by Crippen LogP contribution is 2.26. The quantitative estimate of drug-likeness (QED) is 0.343. The highest BCUT2D eigenvalue weighted by atomic mass is 19.1. The number of oxime groups is 1. The van der Waals surface area contributed by atoms with E-state index >= 15 is 0 Å². The van der Waals surface area contributed by atoms with Crippen molar-refractivity contribution < 1.29 is 18.8 Å². The van der Waals surface area contributed by atoms with Crippen LogP contribution in [0, 0.1) is 24.0 Å². The third-order valence-electron chi connectivity index (χ3n) is 3.38. The fraction of sp³-hybridized carbons (Fsp3) is 0.385. The minimum atomic E-state index is -1.32. The zero-order valence-corrected chi connectivity index (χ0v) is 11.5. The zero-order valence-electron chi connectivity index (χ0n) is 11.5. The summed E-state index contributed by atoms with van der Waals surface area (Å²) < 4.78 is 27.1. The Morgan fingerprint density at radius 1 is 1.45 bits per heavy atom. The van der Waals surface area contributed by atoms with Gasteiger partial charge in [-0.25, -0.2) is 8.78 Å². The first-order valence-electron chi connectivity index (χ1n) is 6.01. The van der Waals surface area contributed by atoms with E-state index in [2.05, 4.69) is 10.5 Å². The molecule has 1 unspecified atom stereocenters. The van der Waals surface area contributed by atoms with Crippen molar-refractivity contribution >= 4 is 17.4 Å². The molecule has 0 radical (unpaired) electrons. The Morgan fingerprint density at radius 3 is 2.55 bits per heavy atom. The van der Waals surface area contributed by atoms with Gasteiger partial charge in [0.05, 0.1) is 5.69 Å². The molecule has 0 heterocycles. The van der Waals surface area contributed by atoms with Crippen LogP contribution in [0.5, 0.6) is 0 Å². The normalized spacial score (nSPS) is 14.8. The molecule has 20 heavy (non-hydrogen) atoms. The highest BCUT2D eigenvalue weighted by molar-refractivity contribution is 6.11. The molecule has 110 valence electrons. The van der Waals surface area contributed by atoms with Crippen LogP contribution in [-0.4, -0.2) is 17.0 Å². The van der Waals surface area contributed by atoms with Crippen LogP contribution in [0.3, 0.4) is 0 Å². The molecule has 0 aliphatic carbocycles. The monoisotopic (exact) mass is 285 g/mol. The number of carbonyl (C=O) groups is 1. The zero-order chi connectivity index (χ0) is 15.5. The Balaban J connectivity index is 3.10. The second-order valence-electron chi connectivity index (χ2n) is 4.71. The predicted octanol–water partition coefficient (Wildman–Crippen LogP) is 2.37. The summed E-state index contributed by atoms with van der Waals surface area (Å²) in [4.78, 5) is 12.1. The van der Waals surface area contributed by atoms with Gasteiger partial charge in [-0.1, -0.05) is 12.1 Å². The smallest absolute Gasteiger partial charge is 0.238 e. The summed E-state index contributed by atoms with van der Waals surface area (Å²) in [5.41, 5.74) is 4.01. The number of carbonyl (C=O) groups excluding carboxylic acids is 1. The van der Waals surface area contributed by atoms with E-state index in [1.54, 1.807) is 6.92 Å². The van der Waals surface area contributed by atoms with Crippen molar-refractivity contribution in [2.45, 2.75) is 27.2 Å². The van der Waals surface area contributed by atoms with Crippen molar-refractivity contribution in [1.82, 2.24) is 0 Å². The lowest BCUT2D eigenvalue weighted by Crippen LogP contribution is -2.44. The predicted molar refractivity (Wildman–Crippen MR) is 71.5 cm³/mol. The van der Waals surface area contributed by atoms with Crippen molar-refractivity contribution in [3.8, 4) is 0 Å². The summed E-state index contributed by atoms with van der Waals surface area (Å²) in [5.74, 6) is -2.37. The van der Waals surface area contributed by atoms with Gasteiger partial charge in [-0.2, -0.15) is 0 Å². The topological polar surface area (TPSA) is 87.7 Å². The third-order valence-corrected chi connectivity index (χ3v) is 3.38. The van der Waals surface area contributed by atoms with Crippen LogP contribution >= 0.6 is 0 Å². The Bertz CT molecular complexity index is 561. The molecule has 7 heteroatoms. The molecule has 0 aromatic heterocycles. The number of amides is 1. The molecule has 1 aromatic rings. The number of hydrogen-bond acceptors (Lipinski definition) is 3. The largest absolute Gasteiger partial charge is 0.409 e. The lowest BCUT2D eigenvalue weighted by Gasteiger charge is -2.25. The molecule has 0 saturated carbocycles. The minimum absolute atomic E-state index is 0.134. The van der Waals surface area contributed by atoms with Crippen molar-refractivity contribution in [2.24, 2.45) is 16.3 Å². The van der Waals surface area contributed by atoms with E-state index in [-0.39, 0.29) is 23.5 Å². The van der Waals surface area contributed by atoms with Crippen LogP contribution in [0.2, 0.25) is 0 Å². The highest BCUT2D eigenvalue weighted by Gasteiger charge is 2.36. The Morgan fingerprint density at radius 2 is 2.05 bits per heavy atom. The summed E-state index contributed by atoms with van der Waals surface area (Å²) in [5, 5.41) is 13.8. The van der Waals surface area contributed by atoms with Gasteiger partial charge in [-0.3, -0.25) is 4.79 Å². The number of benzene rings is 1. The molecular weight excluding hydrogens is 268 g/mol. The molecule has 1 aromatic carbocycles. The van der Waals surface area contributed by atoms with Crippen LogP contribution in [0.15, 0.2) is 17.3 Å².